The number of anilines is 1. The Balaban J connectivity index is 1.85. The summed E-state index contributed by atoms with van der Waals surface area (Å²) in [6, 6.07) is 37.1. The zero-order valence-electron chi connectivity index (χ0n) is 18.0. The van der Waals surface area contributed by atoms with Crippen LogP contribution in [-0.4, -0.2) is 5.91 Å². The number of para-hydroxylation sites is 1. The van der Waals surface area contributed by atoms with Gasteiger partial charge in [-0.15, -0.1) is 0 Å². The fraction of sp³-hybridized carbons (Fsp3) is 0.138. The first kappa shape index (κ1) is 20.6. The van der Waals surface area contributed by atoms with Crippen LogP contribution in [-0.2, 0) is 10.2 Å². The molecular formula is C29H27NO. The zero-order chi connectivity index (χ0) is 21.7. The van der Waals surface area contributed by atoms with Gasteiger partial charge in [0.25, 0.3) is 0 Å². The number of amides is 1. The third-order valence-electron chi connectivity index (χ3n) is 5.97. The smallest absolute Gasteiger partial charge is 0.225 e. The monoisotopic (exact) mass is 405 g/mol. The molecule has 0 spiro atoms. The average Bonchev–Trinajstić information content (AvgIpc) is 2.82. The molecule has 154 valence electrons. The Morgan fingerprint density at radius 2 is 1.00 bits per heavy atom. The molecule has 0 bridgehead atoms. The summed E-state index contributed by atoms with van der Waals surface area (Å²) in [5, 5.41) is 3.20. The molecule has 0 aliphatic heterocycles. The van der Waals surface area contributed by atoms with E-state index in [1.807, 2.05) is 86.6 Å². The van der Waals surface area contributed by atoms with E-state index < -0.39 is 5.41 Å². The van der Waals surface area contributed by atoms with Gasteiger partial charge >= 0.3 is 0 Å². The summed E-state index contributed by atoms with van der Waals surface area (Å²) in [5.41, 5.74) is 5.74. The molecule has 0 radical (unpaired) electrons. The Bertz CT molecular complexity index is 1030. The number of hydrogen-bond donors (Lipinski definition) is 1. The molecule has 0 aliphatic rings. The maximum absolute atomic E-state index is 13.5. The summed E-state index contributed by atoms with van der Waals surface area (Å²) < 4.78 is 0. The Morgan fingerprint density at radius 1 is 0.613 bits per heavy atom. The summed E-state index contributed by atoms with van der Waals surface area (Å²) in [5.74, 6) is -0.00559. The maximum atomic E-state index is 13.5. The maximum Gasteiger partial charge on any atom is 0.225 e. The lowest BCUT2D eigenvalue weighted by molar-refractivity contribution is -0.116. The van der Waals surface area contributed by atoms with E-state index in [2.05, 4.69) is 41.7 Å². The largest absolute Gasteiger partial charge is 0.326 e. The second-order valence-electron chi connectivity index (χ2n) is 8.00. The van der Waals surface area contributed by atoms with Gasteiger partial charge in [0.15, 0.2) is 0 Å². The molecule has 0 saturated carbocycles. The minimum Gasteiger partial charge on any atom is -0.326 e. The van der Waals surface area contributed by atoms with Crippen LogP contribution >= 0.6 is 0 Å². The van der Waals surface area contributed by atoms with Crippen molar-refractivity contribution in [3.05, 3.63) is 137 Å². The summed E-state index contributed by atoms with van der Waals surface area (Å²) in [4.78, 5) is 13.5. The molecule has 0 unspecified atom stereocenters. The first-order valence-corrected chi connectivity index (χ1v) is 10.6. The van der Waals surface area contributed by atoms with E-state index in [0.717, 1.165) is 33.5 Å². The van der Waals surface area contributed by atoms with Crippen LogP contribution in [0.25, 0.3) is 0 Å². The Hall–Kier alpha value is -3.65. The van der Waals surface area contributed by atoms with E-state index >= 15 is 0 Å². The predicted octanol–water partition coefficient (Wildman–Crippen LogP) is 6.67. The van der Waals surface area contributed by atoms with Gasteiger partial charge in [-0.1, -0.05) is 109 Å². The molecule has 31 heavy (non-hydrogen) atoms. The van der Waals surface area contributed by atoms with Crippen LogP contribution in [0.3, 0.4) is 0 Å². The SMILES string of the molecule is Cc1cccc(C)c1NC(=O)CC(c1ccccc1)(c1ccccc1)c1ccccc1. The Labute approximate surface area is 184 Å². The van der Waals surface area contributed by atoms with Crippen LogP contribution < -0.4 is 5.32 Å². The molecule has 4 aromatic carbocycles. The lowest BCUT2D eigenvalue weighted by Gasteiger charge is -2.35. The minimum absolute atomic E-state index is 0.00559. The van der Waals surface area contributed by atoms with Crippen molar-refractivity contribution in [3.63, 3.8) is 0 Å². The fourth-order valence-corrected chi connectivity index (χ4v) is 4.41. The lowest BCUT2D eigenvalue weighted by atomic mass is 9.67. The molecule has 0 saturated heterocycles. The number of carbonyl (C=O) groups is 1. The normalized spacial score (nSPS) is 11.2. The highest BCUT2D eigenvalue weighted by molar-refractivity contribution is 5.94. The number of hydrogen-bond acceptors (Lipinski definition) is 1. The van der Waals surface area contributed by atoms with Gasteiger partial charge in [0, 0.05) is 12.1 Å². The lowest BCUT2D eigenvalue weighted by Crippen LogP contribution is -2.34. The van der Waals surface area contributed by atoms with Gasteiger partial charge in [-0.3, -0.25) is 4.79 Å². The van der Waals surface area contributed by atoms with E-state index in [4.69, 9.17) is 0 Å². The fourth-order valence-electron chi connectivity index (χ4n) is 4.41. The molecule has 1 amide bonds. The Kier molecular flexibility index (Phi) is 5.99. The topological polar surface area (TPSA) is 29.1 Å². The van der Waals surface area contributed by atoms with Crippen LogP contribution in [0.2, 0.25) is 0 Å². The molecule has 1 N–H and O–H groups in total. The van der Waals surface area contributed by atoms with Crippen LogP contribution in [0.1, 0.15) is 34.2 Å². The van der Waals surface area contributed by atoms with Crippen molar-refractivity contribution in [2.24, 2.45) is 0 Å². The summed E-state index contributed by atoms with van der Waals surface area (Å²) in [6.07, 6.45) is 0.304. The quantitative estimate of drug-likeness (QED) is 0.357. The second-order valence-corrected chi connectivity index (χ2v) is 8.00. The standard InChI is InChI=1S/C29H27NO/c1-22-13-12-14-23(2)28(22)30-27(31)21-29(24-15-6-3-7-16-24,25-17-8-4-9-18-25)26-19-10-5-11-20-26/h3-20H,21H2,1-2H3,(H,30,31). The third-order valence-corrected chi connectivity index (χ3v) is 5.97. The van der Waals surface area contributed by atoms with Crippen molar-refractivity contribution in [3.8, 4) is 0 Å². The van der Waals surface area contributed by atoms with Gasteiger partial charge in [0.05, 0.1) is 5.41 Å². The van der Waals surface area contributed by atoms with E-state index in [1.165, 1.54) is 0 Å². The first-order chi connectivity index (χ1) is 15.1. The number of nitrogens with one attached hydrogen (secondary N) is 1. The predicted molar refractivity (Wildman–Crippen MR) is 128 cm³/mol. The van der Waals surface area contributed by atoms with Crippen molar-refractivity contribution < 1.29 is 4.79 Å². The van der Waals surface area contributed by atoms with Crippen molar-refractivity contribution in [1.29, 1.82) is 0 Å². The van der Waals surface area contributed by atoms with Gasteiger partial charge in [-0.05, 0) is 41.7 Å². The van der Waals surface area contributed by atoms with Crippen molar-refractivity contribution in [2.45, 2.75) is 25.7 Å². The van der Waals surface area contributed by atoms with Crippen molar-refractivity contribution in [1.82, 2.24) is 0 Å². The highest BCUT2D eigenvalue weighted by Crippen LogP contribution is 2.42. The molecule has 2 heteroatoms. The molecule has 0 aliphatic carbocycles. The number of carbonyl (C=O) groups excluding carboxylic acids is 1. The molecule has 0 fully saturated rings. The highest BCUT2D eigenvalue weighted by Gasteiger charge is 2.38. The average molecular weight is 406 g/mol. The molecular weight excluding hydrogens is 378 g/mol. The number of aryl methyl sites for hydroxylation is 2. The molecule has 0 atom stereocenters. The van der Waals surface area contributed by atoms with E-state index in [9.17, 15) is 4.79 Å². The van der Waals surface area contributed by atoms with Gasteiger partial charge in [0.1, 0.15) is 0 Å². The zero-order valence-corrected chi connectivity index (χ0v) is 18.0. The van der Waals surface area contributed by atoms with E-state index in [-0.39, 0.29) is 5.91 Å². The molecule has 2 nitrogen and oxygen atoms in total. The highest BCUT2D eigenvalue weighted by atomic mass is 16.1. The first-order valence-electron chi connectivity index (χ1n) is 10.6. The van der Waals surface area contributed by atoms with E-state index in [1.54, 1.807) is 0 Å². The van der Waals surface area contributed by atoms with Crippen molar-refractivity contribution >= 4 is 11.6 Å². The second kappa shape index (κ2) is 9.01. The summed E-state index contributed by atoms with van der Waals surface area (Å²) in [7, 11) is 0. The summed E-state index contributed by atoms with van der Waals surface area (Å²) >= 11 is 0. The van der Waals surface area contributed by atoms with Crippen molar-refractivity contribution in [2.75, 3.05) is 5.32 Å². The molecule has 4 aromatic rings. The summed E-state index contributed by atoms with van der Waals surface area (Å²) in [6.45, 7) is 4.06. The van der Waals surface area contributed by atoms with Gasteiger partial charge in [-0.25, -0.2) is 0 Å². The molecule has 0 aromatic heterocycles. The number of rotatable bonds is 6. The minimum atomic E-state index is -0.593. The Morgan fingerprint density at radius 3 is 1.39 bits per heavy atom. The van der Waals surface area contributed by atoms with Gasteiger partial charge < -0.3 is 5.32 Å². The molecule has 0 heterocycles. The van der Waals surface area contributed by atoms with Crippen LogP contribution in [0.15, 0.2) is 109 Å². The van der Waals surface area contributed by atoms with Gasteiger partial charge in [-0.2, -0.15) is 0 Å². The van der Waals surface area contributed by atoms with E-state index in [0.29, 0.717) is 6.42 Å². The van der Waals surface area contributed by atoms with Crippen LogP contribution in [0, 0.1) is 13.8 Å². The number of benzene rings is 4. The van der Waals surface area contributed by atoms with Crippen LogP contribution in [0.4, 0.5) is 5.69 Å². The molecule has 4 rings (SSSR count). The van der Waals surface area contributed by atoms with Crippen LogP contribution in [0.5, 0.6) is 0 Å². The third kappa shape index (κ3) is 4.15. The van der Waals surface area contributed by atoms with Gasteiger partial charge in [0.2, 0.25) is 5.91 Å².